The first-order valence-electron chi connectivity index (χ1n) is 6.91. The molecule has 0 aliphatic rings. The summed E-state index contributed by atoms with van der Waals surface area (Å²) in [4.78, 5) is 24.7. The highest BCUT2D eigenvalue weighted by Gasteiger charge is 2.24. The van der Waals surface area contributed by atoms with Crippen LogP contribution in [-0.4, -0.2) is 30.8 Å². The van der Waals surface area contributed by atoms with Crippen molar-refractivity contribution in [3.63, 3.8) is 0 Å². The maximum atomic E-state index is 11.7. The van der Waals surface area contributed by atoms with Gasteiger partial charge in [-0.3, -0.25) is 0 Å². The van der Waals surface area contributed by atoms with Gasteiger partial charge in [0.2, 0.25) is 0 Å². The number of thiophene rings is 1. The molecule has 0 fully saturated rings. The second kappa shape index (κ2) is 8.02. The third-order valence-corrected chi connectivity index (χ3v) is 3.61. The van der Waals surface area contributed by atoms with Crippen LogP contribution in [0.5, 0.6) is 0 Å². The predicted octanol–water partition coefficient (Wildman–Crippen LogP) is 3.14. The molecule has 1 aromatic rings. The van der Waals surface area contributed by atoms with Crippen molar-refractivity contribution in [1.82, 2.24) is 5.32 Å². The number of methoxy groups -OCH3 is 1. The Bertz CT molecular complexity index is 451. The third-order valence-electron chi connectivity index (χ3n) is 2.67. The van der Waals surface area contributed by atoms with Crippen LogP contribution in [0.2, 0.25) is 0 Å². The summed E-state index contributed by atoms with van der Waals surface area (Å²) in [5.74, 6) is -0.452. The number of carbonyl (C=O) groups is 2. The van der Waals surface area contributed by atoms with Gasteiger partial charge in [-0.2, -0.15) is 0 Å². The van der Waals surface area contributed by atoms with Gasteiger partial charge in [0.05, 0.1) is 7.11 Å². The minimum absolute atomic E-state index is 0.452. The van der Waals surface area contributed by atoms with Gasteiger partial charge in [0.1, 0.15) is 11.6 Å². The van der Waals surface area contributed by atoms with Crippen LogP contribution in [0.25, 0.3) is 0 Å². The van der Waals surface area contributed by atoms with Crippen LogP contribution in [0, 0.1) is 0 Å². The topological polar surface area (TPSA) is 64.6 Å². The van der Waals surface area contributed by atoms with Crippen molar-refractivity contribution in [2.45, 2.75) is 51.7 Å². The van der Waals surface area contributed by atoms with Crippen molar-refractivity contribution in [3.05, 3.63) is 22.4 Å². The number of esters is 1. The van der Waals surface area contributed by atoms with Crippen LogP contribution in [0.15, 0.2) is 17.5 Å². The monoisotopic (exact) mass is 313 g/mol. The second-order valence-corrected chi connectivity index (χ2v) is 6.73. The van der Waals surface area contributed by atoms with Crippen molar-refractivity contribution in [2.75, 3.05) is 7.11 Å². The molecular formula is C15H23NO4S. The van der Waals surface area contributed by atoms with Crippen molar-refractivity contribution >= 4 is 23.4 Å². The highest BCUT2D eigenvalue weighted by molar-refractivity contribution is 7.09. The molecular weight excluding hydrogens is 290 g/mol. The number of hydrogen-bond acceptors (Lipinski definition) is 5. The molecule has 1 atom stereocenters. The zero-order valence-electron chi connectivity index (χ0n) is 13.0. The van der Waals surface area contributed by atoms with E-state index in [-0.39, 0.29) is 0 Å². The van der Waals surface area contributed by atoms with Gasteiger partial charge in [-0.1, -0.05) is 6.07 Å². The number of hydrogen-bond donors (Lipinski definition) is 1. The number of nitrogens with one attached hydrogen (secondary N) is 1. The molecule has 0 saturated heterocycles. The summed E-state index contributed by atoms with van der Waals surface area (Å²) in [6.07, 6.45) is 1.58. The molecule has 1 rings (SSSR count). The van der Waals surface area contributed by atoms with Gasteiger partial charge in [-0.05, 0) is 51.5 Å². The fourth-order valence-electron chi connectivity index (χ4n) is 1.78. The number of ether oxygens (including phenoxy) is 2. The van der Waals surface area contributed by atoms with E-state index in [4.69, 9.17) is 9.47 Å². The standard InChI is InChI=1S/C15H23NO4S/c1-15(2,3)20-14(18)16-12(13(17)19-4)9-5-7-11-8-6-10-21-11/h6,8,10,12H,5,7,9H2,1-4H3,(H,16,18)/t12-/m0/s1. The fourth-order valence-corrected chi connectivity index (χ4v) is 2.53. The highest BCUT2D eigenvalue weighted by Crippen LogP contribution is 2.14. The molecule has 6 heteroatoms. The van der Waals surface area contributed by atoms with E-state index >= 15 is 0 Å². The van der Waals surface area contributed by atoms with E-state index in [1.165, 1.54) is 12.0 Å². The van der Waals surface area contributed by atoms with Crippen LogP contribution < -0.4 is 5.32 Å². The Balaban J connectivity index is 2.47. The molecule has 1 heterocycles. The fraction of sp³-hybridized carbons (Fsp3) is 0.600. The molecule has 0 saturated carbocycles. The molecule has 0 bridgehead atoms. The van der Waals surface area contributed by atoms with Crippen molar-refractivity contribution in [1.29, 1.82) is 0 Å². The Hall–Kier alpha value is -1.56. The van der Waals surface area contributed by atoms with Crippen LogP contribution >= 0.6 is 11.3 Å². The summed E-state index contributed by atoms with van der Waals surface area (Å²) in [6.45, 7) is 5.32. The van der Waals surface area contributed by atoms with Crippen LogP contribution in [0.4, 0.5) is 4.79 Å². The van der Waals surface area contributed by atoms with Gasteiger partial charge in [-0.15, -0.1) is 11.3 Å². The third kappa shape index (κ3) is 7.13. The Morgan fingerprint density at radius 3 is 2.62 bits per heavy atom. The molecule has 0 aliphatic carbocycles. The zero-order chi connectivity index (χ0) is 15.9. The molecule has 1 aromatic heterocycles. The van der Waals surface area contributed by atoms with Crippen LogP contribution in [0.1, 0.15) is 38.5 Å². The molecule has 0 aliphatic heterocycles. The first-order valence-corrected chi connectivity index (χ1v) is 7.79. The van der Waals surface area contributed by atoms with Gasteiger partial charge < -0.3 is 14.8 Å². The van der Waals surface area contributed by atoms with Gasteiger partial charge in [0.25, 0.3) is 0 Å². The van der Waals surface area contributed by atoms with E-state index in [9.17, 15) is 9.59 Å². The number of amides is 1. The van der Waals surface area contributed by atoms with Crippen molar-refractivity contribution < 1.29 is 19.1 Å². The minimum Gasteiger partial charge on any atom is -0.467 e. The van der Waals surface area contributed by atoms with E-state index in [2.05, 4.69) is 11.4 Å². The number of carbonyl (C=O) groups excluding carboxylic acids is 2. The summed E-state index contributed by atoms with van der Waals surface area (Å²) in [7, 11) is 1.31. The van der Waals surface area contributed by atoms with Crippen molar-refractivity contribution in [2.24, 2.45) is 0 Å². The summed E-state index contributed by atoms with van der Waals surface area (Å²) in [5.41, 5.74) is -0.596. The minimum atomic E-state index is -0.676. The Morgan fingerprint density at radius 2 is 2.10 bits per heavy atom. The van der Waals surface area contributed by atoms with E-state index in [0.717, 1.165) is 12.8 Å². The second-order valence-electron chi connectivity index (χ2n) is 5.69. The lowest BCUT2D eigenvalue weighted by Crippen LogP contribution is -2.44. The van der Waals surface area contributed by atoms with Crippen LogP contribution in [-0.2, 0) is 20.7 Å². The molecule has 0 unspecified atom stereocenters. The van der Waals surface area contributed by atoms with Crippen LogP contribution in [0.3, 0.4) is 0 Å². The maximum Gasteiger partial charge on any atom is 0.408 e. The lowest BCUT2D eigenvalue weighted by atomic mass is 10.1. The molecule has 5 nitrogen and oxygen atoms in total. The summed E-state index contributed by atoms with van der Waals surface area (Å²) < 4.78 is 9.88. The Labute approximate surface area is 129 Å². The quantitative estimate of drug-likeness (QED) is 0.819. The van der Waals surface area contributed by atoms with Gasteiger partial charge >= 0.3 is 12.1 Å². The molecule has 1 amide bonds. The lowest BCUT2D eigenvalue weighted by Gasteiger charge is -2.22. The summed E-state index contributed by atoms with van der Waals surface area (Å²) in [5, 5.41) is 4.59. The largest absolute Gasteiger partial charge is 0.467 e. The number of rotatable bonds is 6. The molecule has 0 spiro atoms. The SMILES string of the molecule is COC(=O)[C@H](CCCc1cccs1)NC(=O)OC(C)(C)C. The zero-order valence-corrected chi connectivity index (χ0v) is 13.8. The smallest absolute Gasteiger partial charge is 0.408 e. The first kappa shape index (κ1) is 17.5. The first-order chi connectivity index (χ1) is 9.81. The summed E-state index contributed by atoms with van der Waals surface area (Å²) >= 11 is 1.68. The lowest BCUT2D eigenvalue weighted by molar-refractivity contribution is -0.143. The number of aryl methyl sites for hydroxylation is 1. The molecule has 1 N–H and O–H groups in total. The average molecular weight is 313 g/mol. The Kier molecular flexibility index (Phi) is 6.68. The molecule has 21 heavy (non-hydrogen) atoms. The normalized spacial score (nSPS) is 12.6. The van der Waals surface area contributed by atoms with E-state index in [1.807, 2.05) is 11.4 Å². The van der Waals surface area contributed by atoms with Gasteiger partial charge in [0.15, 0.2) is 0 Å². The van der Waals surface area contributed by atoms with E-state index in [1.54, 1.807) is 32.1 Å². The predicted molar refractivity (Wildman–Crippen MR) is 82.4 cm³/mol. The molecule has 0 aromatic carbocycles. The van der Waals surface area contributed by atoms with Gasteiger partial charge in [0, 0.05) is 4.88 Å². The maximum absolute atomic E-state index is 11.7. The Morgan fingerprint density at radius 1 is 1.38 bits per heavy atom. The molecule has 118 valence electrons. The number of alkyl carbamates (subject to hydrolysis) is 1. The molecule has 0 radical (unpaired) electrons. The van der Waals surface area contributed by atoms with E-state index in [0.29, 0.717) is 6.42 Å². The van der Waals surface area contributed by atoms with E-state index < -0.39 is 23.7 Å². The average Bonchev–Trinajstić information content (AvgIpc) is 2.87. The van der Waals surface area contributed by atoms with Crippen molar-refractivity contribution in [3.8, 4) is 0 Å². The van der Waals surface area contributed by atoms with Gasteiger partial charge in [-0.25, -0.2) is 9.59 Å². The highest BCUT2D eigenvalue weighted by atomic mass is 32.1. The summed E-state index contributed by atoms with van der Waals surface area (Å²) in [6, 6.07) is 3.38.